The van der Waals surface area contributed by atoms with E-state index in [9.17, 15) is 14.4 Å². The molecule has 0 saturated carbocycles. The fraction of sp³-hybridized carbons (Fsp3) is 0.727. The molecule has 6 heteroatoms. The summed E-state index contributed by atoms with van der Waals surface area (Å²) in [5.74, 6) is -1.67. The van der Waals surface area contributed by atoms with Crippen molar-refractivity contribution >= 4 is 17.8 Å². The minimum Gasteiger partial charge on any atom is -0.480 e. The SMILES string of the molecule is COC(=O)CCC(C(=O)O)N1CCCCC1=O. The average Bonchev–Trinajstić information content (AvgIpc) is 2.30. The number of carbonyl (C=O) groups is 3. The van der Waals surface area contributed by atoms with E-state index in [2.05, 4.69) is 4.74 Å². The second-order valence-corrected chi connectivity index (χ2v) is 4.01. The van der Waals surface area contributed by atoms with Crippen LogP contribution in [-0.4, -0.2) is 47.5 Å². The van der Waals surface area contributed by atoms with Gasteiger partial charge in [0.25, 0.3) is 0 Å². The highest BCUT2D eigenvalue weighted by Crippen LogP contribution is 2.17. The molecule has 1 aliphatic heterocycles. The van der Waals surface area contributed by atoms with E-state index in [0.717, 1.165) is 12.8 Å². The molecule has 1 heterocycles. The third-order valence-corrected chi connectivity index (χ3v) is 2.87. The fourth-order valence-electron chi connectivity index (χ4n) is 1.93. The smallest absolute Gasteiger partial charge is 0.326 e. The fourth-order valence-corrected chi connectivity index (χ4v) is 1.93. The van der Waals surface area contributed by atoms with Gasteiger partial charge in [0, 0.05) is 19.4 Å². The topological polar surface area (TPSA) is 83.9 Å². The second-order valence-electron chi connectivity index (χ2n) is 4.01. The molecule has 0 spiro atoms. The third-order valence-electron chi connectivity index (χ3n) is 2.87. The lowest BCUT2D eigenvalue weighted by Crippen LogP contribution is -2.47. The Balaban J connectivity index is 2.61. The van der Waals surface area contributed by atoms with Crippen molar-refractivity contribution in [3.05, 3.63) is 0 Å². The highest BCUT2D eigenvalue weighted by molar-refractivity contribution is 5.84. The van der Waals surface area contributed by atoms with Gasteiger partial charge in [-0.25, -0.2) is 4.79 Å². The van der Waals surface area contributed by atoms with Crippen LogP contribution < -0.4 is 0 Å². The summed E-state index contributed by atoms with van der Waals surface area (Å²) >= 11 is 0. The maximum Gasteiger partial charge on any atom is 0.326 e. The molecule has 1 atom stereocenters. The molecule has 0 aliphatic carbocycles. The number of ether oxygens (including phenoxy) is 1. The molecule has 0 aromatic rings. The van der Waals surface area contributed by atoms with Gasteiger partial charge < -0.3 is 14.7 Å². The van der Waals surface area contributed by atoms with Gasteiger partial charge in [-0.2, -0.15) is 0 Å². The predicted molar refractivity (Wildman–Crippen MR) is 58.2 cm³/mol. The first-order chi connectivity index (χ1) is 8.06. The van der Waals surface area contributed by atoms with Crippen LogP contribution >= 0.6 is 0 Å². The molecule has 1 amide bonds. The van der Waals surface area contributed by atoms with Gasteiger partial charge in [-0.3, -0.25) is 9.59 Å². The monoisotopic (exact) mass is 243 g/mol. The Morgan fingerprint density at radius 2 is 2.18 bits per heavy atom. The summed E-state index contributed by atoms with van der Waals surface area (Å²) in [6, 6.07) is -0.915. The molecule has 1 saturated heterocycles. The Bertz CT molecular complexity index is 315. The van der Waals surface area contributed by atoms with Gasteiger partial charge in [-0.05, 0) is 19.3 Å². The number of carboxylic acids is 1. The molecular weight excluding hydrogens is 226 g/mol. The molecular formula is C11H17NO5. The molecule has 1 N–H and O–H groups in total. The van der Waals surface area contributed by atoms with Crippen LogP contribution in [0.5, 0.6) is 0 Å². The van der Waals surface area contributed by atoms with Gasteiger partial charge in [0.15, 0.2) is 0 Å². The van der Waals surface area contributed by atoms with Gasteiger partial charge in [0.1, 0.15) is 6.04 Å². The number of amides is 1. The number of rotatable bonds is 5. The Hall–Kier alpha value is -1.59. The van der Waals surface area contributed by atoms with Crippen molar-refractivity contribution < 1.29 is 24.2 Å². The number of aliphatic carboxylic acids is 1. The molecule has 1 unspecified atom stereocenters. The first-order valence-corrected chi connectivity index (χ1v) is 5.65. The van der Waals surface area contributed by atoms with Crippen molar-refractivity contribution in [1.82, 2.24) is 4.90 Å². The molecule has 0 aromatic carbocycles. The summed E-state index contributed by atoms with van der Waals surface area (Å²) in [5, 5.41) is 9.08. The zero-order chi connectivity index (χ0) is 12.8. The van der Waals surface area contributed by atoms with Crippen molar-refractivity contribution in [3.8, 4) is 0 Å². The summed E-state index contributed by atoms with van der Waals surface area (Å²) < 4.78 is 4.46. The van der Waals surface area contributed by atoms with E-state index < -0.39 is 18.0 Å². The molecule has 0 aromatic heterocycles. The first kappa shape index (κ1) is 13.5. The minimum absolute atomic E-state index is 0.0112. The normalized spacial score (nSPS) is 17.7. The quantitative estimate of drug-likeness (QED) is 0.707. The molecule has 1 fully saturated rings. The van der Waals surface area contributed by atoms with Crippen molar-refractivity contribution in [2.24, 2.45) is 0 Å². The number of hydrogen-bond donors (Lipinski definition) is 1. The zero-order valence-corrected chi connectivity index (χ0v) is 9.85. The molecule has 96 valence electrons. The van der Waals surface area contributed by atoms with Gasteiger partial charge in [0.05, 0.1) is 7.11 Å². The van der Waals surface area contributed by atoms with Gasteiger partial charge in [-0.1, -0.05) is 0 Å². The van der Waals surface area contributed by atoms with Gasteiger partial charge >= 0.3 is 11.9 Å². The van der Waals surface area contributed by atoms with E-state index in [0.29, 0.717) is 13.0 Å². The Morgan fingerprint density at radius 1 is 1.47 bits per heavy atom. The number of carbonyl (C=O) groups excluding carboxylic acids is 2. The molecule has 1 rings (SSSR count). The molecule has 1 aliphatic rings. The maximum atomic E-state index is 11.6. The lowest BCUT2D eigenvalue weighted by atomic mass is 10.0. The van der Waals surface area contributed by atoms with Crippen LogP contribution in [0.25, 0.3) is 0 Å². The summed E-state index contributed by atoms with van der Waals surface area (Å²) in [6.07, 6.45) is 2.12. The predicted octanol–water partition coefficient (Wildman–Crippen LogP) is 0.405. The first-order valence-electron chi connectivity index (χ1n) is 5.65. The number of nitrogens with zero attached hydrogens (tertiary/aromatic N) is 1. The average molecular weight is 243 g/mol. The van der Waals surface area contributed by atoms with Crippen LogP contribution in [0.2, 0.25) is 0 Å². The highest BCUT2D eigenvalue weighted by atomic mass is 16.5. The van der Waals surface area contributed by atoms with Crippen molar-refractivity contribution in [2.45, 2.75) is 38.1 Å². The number of likely N-dealkylation sites (tertiary alicyclic amines) is 1. The summed E-state index contributed by atoms with van der Waals surface area (Å²) in [7, 11) is 1.25. The summed E-state index contributed by atoms with van der Waals surface area (Å²) in [4.78, 5) is 35.0. The third kappa shape index (κ3) is 3.72. The van der Waals surface area contributed by atoms with E-state index in [1.807, 2.05) is 0 Å². The largest absolute Gasteiger partial charge is 0.480 e. The van der Waals surface area contributed by atoms with Crippen LogP contribution in [0.15, 0.2) is 0 Å². The van der Waals surface area contributed by atoms with Crippen molar-refractivity contribution in [2.75, 3.05) is 13.7 Å². The summed E-state index contributed by atoms with van der Waals surface area (Å²) in [5.41, 5.74) is 0. The molecule has 6 nitrogen and oxygen atoms in total. The zero-order valence-electron chi connectivity index (χ0n) is 9.85. The lowest BCUT2D eigenvalue weighted by Gasteiger charge is -2.31. The van der Waals surface area contributed by atoms with E-state index >= 15 is 0 Å². The Morgan fingerprint density at radius 3 is 2.71 bits per heavy atom. The number of esters is 1. The van der Waals surface area contributed by atoms with Crippen LogP contribution in [0.1, 0.15) is 32.1 Å². The van der Waals surface area contributed by atoms with Crippen LogP contribution in [0, 0.1) is 0 Å². The van der Waals surface area contributed by atoms with E-state index in [1.165, 1.54) is 12.0 Å². The maximum absolute atomic E-state index is 11.6. The highest BCUT2D eigenvalue weighted by Gasteiger charge is 2.31. The van der Waals surface area contributed by atoms with E-state index in [4.69, 9.17) is 5.11 Å². The van der Waals surface area contributed by atoms with Crippen LogP contribution in [0.3, 0.4) is 0 Å². The number of hydrogen-bond acceptors (Lipinski definition) is 4. The molecule has 0 radical (unpaired) electrons. The van der Waals surface area contributed by atoms with Gasteiger partial charge in [-0.15, -0.1) is 0 Å². The molecule has 17 heavy (non-hydrogen) atoms. The second kappa shape index (κ2) is 6.22. The van der Waals surface area contributed by atoms with Crippen molar-refractivity contribution in [1.29, 1.82) is 0 Å². The van der Waals surface area contributed by atoms with E-state index in [1.54, 1.807) is 0 Å². The van der Waals surface area contributed by atoms with Crippen LogP contribution in [0.4, 0.5) is 0 Å². The Labute approximate surface area is 99.5 Å². The lowest BCUT2D eigenvalue weighted by molar-refractivity contribution is -0.153. The Kier molecular flexibility index (Phi) is 4.93. The van der Waals surface area contributed by atoms with Crippen LogP contribution in [-0.2, 0) is 19.1 Å². The minimum atomic E-state index is -1.07. The molecule has 0 bridgehead atoms. The number of methoxy groups -OCH3 is 1. The van der Waals surface area contributed by atoms with Crippen molar-refractivity contribution in [3.63, 3.8) is 0 Å². The number of carboxylic acid groups (broad SMARTS) is 1. The van der Waals surface area contributed by atoms with E-state index in [-0.39, 0.29) is 18.7 Å². The van der Waals surface area contributed by atoms with Gasteiger partial charge in [0.2, 0.25) is 5.91 Å². The summed E-state index contributed by atoms with van der Waals surface area (Å²) in [6.45, 7) is 0.455. The number of piperidine rings is 1. The standard InChI is InChI=1S/C11H17NO5/c1-17-10(14)6-5-8(11(15)16)12-7-3-2-4-9(12)13/h8H,2-7H2,1H3,(H,15,16).